The Balaban J connectivity index is 2.16. The van der Waals surface area contributed by atoms with Crippen LogP contribution in [0.2, 0.25) is 0 Å². The van der Waals surface area contributed by atoms with Gasteiger partial charge in [0.2, 0.25) is 0 Å². The van der Waals surface area contributed by atoms with Gasteiger partial charge in [-0.25, -0.2) is 0 Å². The smallest absolute Gasteiger partial charge is 0.174 e. The molecule has 0 saturated heterocycles. The van der Waals surface area contributed by atoms with Gasteiger partial charge in [0.1, 0.15) is 5.01 Å². The largest absolute Gasteiger partial charge is 0.312 e. The topological polar surface area (TPSA) is 37.8 Å². The van der Waals surface area contributed by atoms with Gasteiger partial charge in [0.25, 0.3) is 0 Å². The summed E-state index contributed by atoms with van der Waals surface area (Å²) in [4.78, 5) is 0. The summed E-state index contributed by atoms with van der Waals surface area (Å²) in [5.74, 6) is 0.968. The second-order valence-corrected chi connectivity index (χ2v) is 7.50. The van der Waals surface area contributed by atoms with E-state index in [2.05, 4.69) is 48.4 Å². The highest BCUT2D eigenvalue weighted by Gasteiger charge is 2.16. The van der Waals surface area contributed by atoms with Crippen LogP contribution in [0.1, 0.15) is 33.3 Å². The summed E-state index contributed by atoms with van der Waals surface area (Å²) in [6, 6.07) is 4.85. The molecule has 0 amide bonds. The Morgan fingerprint density at radius 2 is 1.80 bits per heavy atom. The lowest BCUT2D eigenvalue weighted by Gasteiger charge is -2.21. The molecule has 20 heavy (non-hydrogen) atoms. The van der Waals surface area contributed by atoms with E-state index in [1.807, 2.05) is 14.0 Å². The first kappa shape index (κ1) is 15.5. The number of hydrogen-bond donors (Lipinski definition) is 1. The molecule has 1 aromatic heterocycles. The third-order valence-electron chi connectivity index (χ3n) is 3.32. The van der Waals surface area contributed by atoms with E-state index in [4.69, 9.17) is 0 Å². The Labute approximate surface area is 129 Å². The first-order valence-corrected chi connectivity index (χ1v) is 8.49. The zero-order valence-electron chi connectivity index (χ0n) is 12.7. The first-order chi connectivity index (χ1) is 9.51. The van der Waals surface area contributed by atoms with Crippen molar-refractivity contribution in [2.45, 2.75) is 38.1 Å². The Morgan fingerprint density at radius 1 is 1.15 bits per heavy atom. The number of nitrogens with zero attached hydrogens (tertiary/aromatic N) is 2. The molecule has 108 valence electrons. The van der Waals surface area contributed by atoms with Crippen molar-refractivity contribution in [3.05, 3.63) is 39.4 Å². The highest BCUT2D eigenvalue weighted by Crippen LogP contribution is 2.30. The van der Waals surface area contributed by atoms with Crippen LogP contribution in [0.5, 0.6) is 0 Å². The quantitative estimate of drug-likeness (QED) is 0.852. The zero-order valence-corrected chi connectivity index (χ0v) is 14.3. The van der Waals surface area contributed by atoms with Crippen molar-refractivity contribution in [1.82, 2.24) is 15.5 Å². The van der Waals surface area contributed by atoms with Gasteiger partial charge >= 0.3 is 0 Å². The summed E-state index contributed by atoms with van der Waals surface area (Å²) in [5.41, 5.74) is 5.45. The fourth-order valence-corrected chi connectivity index (χ4v) is 4.50. The average molecular weight is 307 g/mol. The summed E-state index contributed by atoms with van der Waals surface area (Å²) in [6.45, 7) is 8.53. The normalized spacial score (nSPS) is 12.7. The van der Waals surface area contributed by atoms with E-state index in [0.717, 1.165) is 15.1 Å². The number of benzene rings is 1. The van der Waals surface area contributed by atoms with Crippen LogP contribution in [0.3, 0.4) is 0 Å². The molecule has 0 spiro atoms. The summed E-state index contributed by atoms with van der Waals surface area (Å²) < 4.78 is 1.05. The van der Waals surface area contributed by atoms with Crippen molar-refractivity contribution >= 4 is 23.1 Å². The molecular weight excluding hydrogens is 286 g/mol. The van der Waals surface area contributed by atoms with Crippen molar-refractivity contribution < 1.29 is 0 Å². The Bertz CT molecular complexity index is 570. The maximum atomic E-state index is 4.18. The molecular formula is C15H21N3S2. The summed E-state index contributed by atoms with van der Waals surface area (Å²) in [5, 5.41) is 12.7. The monoisotopic (exact) mass is 307 g/mol. The number of aryl methyl sites for hydroxylation is 4. The SMILES string of the molecule is CNC(CSc1nnc(C)s1)c1c(C)cc(C)cc1C. The van der Waals surface area contributed by atoms with Gasteiger partial charge in [0.05, 0.1) is 0 Å². The maximum Gasteiger partial charge on any atom is 0.174 e. The van der Waals surface area contributed by atoms with Gasteiger partial charge in [-0.15, -0.1) is 10.2 Å². The third kappa shape index (κ3) is 3.59. The zero-order chi connectivity index (χ0) is 14.7. The fourth-order valence-electron chi connectivity index (χ4n) is 2.54. The van der Waals surface area contributed by atoms with Crippen LogP contribution in [0.15, 0.2) is 16.5 Å². The summed E-state index contributed by atoms with van der Waals surface area (Å²) in [7, 11) is 2.02. The summed E-state index contributed by atoms with van der Waals surface area (Å²) in [6.07, 6.45) is 0. The number of thioether (sulfide) groups is 1. The molecule has 3 nitrogen and oxygen atoms in total. The second kappa shape index (κ2) is 6.70. The van der Waals surface area contributed by atoms with E-state index in [9.17, 15) is 0 Å². The van der Waals surface area contributed by atoms with Crippen LogP contribution >= 0.6 is 23.1 Å². The van der Waals surface area contributed by atoms with Crippen molar-refractivity contribution in [1.29, 1.82) is 0 Å². The van der Waals surface area contributed by atoms with Gasteiger partial charge in [-0.05, 0) is 51.4 Å². The van der Waals surface area contributed by atoms with E-state index in [0.29, 0.717) is 6.04 Å². The highest BCUT2D eigenvalue weighted by molar-refractivity contribution is 8.01. The van der Waals surface area contributed by atoms with Crippen LogP contribution in [0.4, 0.5) is 0 Å². The van der Waals surface area contributed by atoms with Crippen molar-refractivity contribution in [2.75, 3.05) is 12.8 Å². The predicted octanol–water partition coefficient (Wildman–Crippen LogP) is 3.82. The van der Waals surface area contributed by atoms with Gasteiger partial charge in [-0.2, -0.15) is 0 Å². The van der Waals surface area contributed by atoms with E-state index in [1.54, 1.807) is 23.1 Å². The van der Waals surface area contributed by atoms with Gasteiger partial charge in [0, 0.05) is 11.8 Å². The Hall–Kier alpha value is -0.910. The first-order valence-electron chi connectivity index (χ1n) is 6.69. The molecule has 1 unspecified atom stereocenters. The molecule has 0 fully saturated rings. The number of aromatic nitrogens is 2. The minimum atomic E-state index is 0.338. The van der Waals surface area contributed by atoms with E-state index >= 15 is 0 Å². The minimum absolute atomic E-state index is 0.338. The van der Waals surface area contributed by atoms with Crippen LogP contribution in [-0.2, 0) is 0 Å². The van der Waals surface area contributed by atoms with Crippen LogP contribution in [-0.4, -0.2) is 23.0 Å². The molecule has 2 aromatic rings. The lowest BCUT2D eigenvalue weighted by atomic mass is 9.95. The lowest BCUT2D eigenvalue weighted by Crippen LogP contribution is -2.21. The maximum absolute atomic E-state index is 4.18. The van der Waals surface area contributed by atoms with Gasteiger partial charge in [0.15, 0.2) is 4.34 Å². The third-order valence-corrected chi connectivity index (χ3v) is 5.38. The Kier molecular flexibility index (Phi) is 5.18. The minimum Gasteiger partial charge on any atom is -0.312 e. The molecule has 2 rings (SSSR count). The number of rotatable bonds is 5. The van der Waals surface area contributed by atoms with Crippen molar-refractivity contribution in [3.8, 4) is 0 Å². The number of nitrogens with one attached hydrogen (secondary N) is 1. The molecule has 0 saturated carbocycles. The molecule has 1 aromatic carbocycles. The summed E-state index contributed by atoms with van der Waals surface area (Å²) >= 11 is 3.43. The molecule has 1 N–H and O–H groups in total. The van der Waals surface area contributed by atoms with Crippen molar-refractivity contribution in [3.63, 3.8) is 0 Å². The molecule has 0 aliphatic heterocycles. The molecule has 0 bridgehead atoms. The molecule has 0 aliphatic rings. The molecule has 5 heteroatoms. The highest BCUT2D eigenvalue weighted by atomic mass is 32.2. The van der Waals surface area contributed by atoms with Crippen molar-refractivity contribution in [2.24, 2.45) is 0 Å². The van der Waals surface area contributed by atoms with Gasteiger partial charge < -0.3 is 5.32 Å². The number of hydrogen-bond acceptors (Lipinski definition) is 5. The molecule has 1 heterocycles. The predicted molar refractivity (Wildman–Crippen MR) is 87.8 cm³/mol. The fraction of sp³-hybridized carbons (Fsp3) is 0.467. The Morgan fingerprint density at radius 3 is 2.30 bits per heavy atom. The van der Waals surface area contributed by atoms with E-state index < -0.39 is 0 Å². The van der Waals surface area contributed by atoms with E-state index in [1.165, 1.54) is 22.3 Å². The van der Waals surface area contributed by atoms with Crippen LogP contribution in [0.25, 0.3) is 0 Å². The molecule has 0 radical (unpaired) electrons. The molecule has 0 aliphatic carbocycles. The molecule has 1 atom stereocenters. The van der Waals surface area contributed by atoms with E-state index in [-0.39, 0.29) is 0 Å². The van der Waals surface area contributed by atoms with Crippen LogP contribution < -0.4 is 5.32 Å². The van der Waals surface area contributed by atoms with Gasteiger partial charge in [-0.1, -0.05) is 40.8 Å². The van der Waals surface area contributed by atoms with Crippen LogP contribution in [0, 0.1) is 27.7 Å². The average Bonchev–Trinajstić information content (AvgIpc) is 2.78. The van der Waals surface area contributed by atoms with Gasteiger partial charge in [-0.3, -0.25) is 0 Å². The standard InChI is InChI=1S/C15H21N3S2/c1-9-6-10(2)14(11(3)7-9)13(16-5)8-19-15-18-17-12(4)20-15/h6-7,13,16H,8H2,1-5H3. The second-order valence-electron chi connectivity index (χ2n) is 5.05. The lowest BCUT2D eigenvalue weighted by molar-refractivity contribution is 0.653.